The van der Waals surface area contributed by atoms with Gasteiger partial charge in [-0.2, -0.15) is 0 Å². The van der Waals surface area contributed by atoms with Crippen molar-refractivity contribution < 1.29 is 14.3 Å². The van der Waals surface area contributed by atoms with Crippen LogP contribution in [0.1, 0.15) is 37.1 Å². The van der Waals surface area contributed by atoms with Crippen molar-refractivity contribution in [3.05, 3.63) is 41.7 Å². The highest BCUT2D eigenvalue weighted by atomic mass is 32.2. The van der Waals surface area contributed by atoms with Crippen molar-refractivity contribution in [1.29, 1.82) is 0 Å². The molecule has 1 aromatic heterocycles. The molecule has 172 valence electrons. The van der Waals surface area contributed by atoms with Gasteiger partial charge < -0.3 is 19.5 Å². The molecule has 1 atom stereocenters. The van der Waals surface area contributed by atoms with Crippen LogP contribution >= 0.6 is 11.8 Å². The molecule has 0 aliphatic carbocycles. The van der Waals surface area contributed by atoms with E-state index >= 15 is 0 Å². The van der Waals surface area contributed by atoms with Crippen LogP contribution in [0, 0.1) is 19.8 Å². The van der Waals surface area contributed by atoms with E-state index in [9.17, 15) is 9.59 Å². The number of thioether (sulfide) groups is 1. The van der Waals surface area contributed by atoms with Crippen molar-refractivity contribution in [1.82, 2.24) is 14.5 Å². The highest BCUT2D eigenvalue weighted by Gasteiger charge is 2.28. The second-order valence-electron chi connectivity index (χ2n) is 8.61. The smallest absolute Gasteiger partial charge is 0.233 e. The molecule has 1 aromatic carbocycles. The first-order valence-corrected chi connectivity index (χ1v) is 12.4. The molecule has 2 amide bonds. The van der Waals surface area contributed by atoms with E-state index in [1.807, 2.05) is 42.2 Å². The molecule has 0 saturated carbocycles. The quantitative estimate of drug-likeness (QED) is 0.644. The lowest BCUT2D eigenvalue weighted by molar-refractivity contribution is -0.132. The molecular formula is C24H32N4O3S. The number of imidazole rings is 1. The molecule has 1 N–H and O–H groups in total. The lowest BCUT2D eigenvalue weighted by atomic mass is 9.96. The third kappa shape index (κ3) is 5.53. The average Bonchev–Trinajstić information content (AvgIpc) is 3.42. The van der Waals surface area contributed by atoms with Gasteiger partial charge in [-0.25, -0.2) is 4.98 Å². The van der Waals surface area contributed by atoms with E-state index in [4.69, 9.17) is 9.72 Å². The molecule has 8 heteroatoms. The number of hydrogen-bond donors (Lipinski definition) is 1. The molecule has 0 spiro atoms. The molecule has 7 nitrogen and oxygen atoms in total. The normalized spacial score (nSPS) is 19.3. The van der Waals surface area contributed by atoms with E-state index in [-0.39, 0.29) is 23.8 Å². The van der Waals surface area contributed by atoms with Crippen molar-refractivity contribution in [3.8, 4) is 0 Å². The van der Waals surface area contributed by atoms with Crippen LogP contribution in [-0.2, 0) is 20.9 Å². The minimum atomic E-state index is -0.0532. The lowest BCUT2D eigenvalue weighted by Crippen LogP contribution is -2.42. The maximum atomic E-state index is 12.8. The van der Waals surface area contributed by atoms with Crippen molar-refractivity contribution in [3.63, 3.8) is 0 Å². The minimum absolute atomic E-state index is 0.0415. The Balaban J connectivity index is 1.26. The van der Waals surface area contributed by atoms with Gasteiger partial charge in [-0.3, -0.25) is 9.59 Å². The maximum absolute atomic E-state index is 12.8. The Bertz CT molecular complexity index is 932. The predicted octanol–water partition coefficient (Wildman–Crippen LogP) is 3.65. The van der Waals surface area contributed by atoms with Gasteiger partial charge in [0.05, 0.1) is 24.1 Å². The highest BCUT2D eigenvalue weighted by molar-refractivity contribution is 7.99. The molecule has 32 heavy (non-hydrogen) atoms. The van der Waals surface area contributed by atoms with Crippen LogP contribution in [0.15, 0.2) is 35.5 Å². The molecule has 2 fully saturated rings. The Labute approximate surface area is 193 Å². The first-order chi connectivity index (χ1) is 15.5. The van der Waals surface area contributed by atoms with Gasteiger partial charge in [-0.05, 0) is 51.7 Å². The number of nitrogens with zero attached hydrogens (tertiary/aromatic N) is 3. The molecule has 2 aromatic rings. The standard InChI is InChI=1S/C24H32N4O3S/c1-17-18(2)28(15-21-9-6-14-31-21)24(25-17)32-16-22(29)27-12-10-19(11-13-27)23(30)26-20-7-4-3-5-8-20/h3-5,7-8,19,21H,6,9-16H2,1-2H3,(H,26,30). The zero-order valence-corrected chi connectivity index (χ0v) is 19.7. The Morgan fingerprint density at radius 3 is 2.59 bits per heavy atom. The molecule has 0 radical (unpaired) electrons. The third-order valence-electron chi connectivity index (χ3n) is 6.42. The molecule has 2 saturated heterocycles. The van der Waals surface area contributed by atoms with Gasteiger partial charge in [0.25, 0.3) is 0 Å². The zero-order valence-electron chi connectivity index (χ0n) is 18.9. The number of para-hydroxylation sites is 1. The largest absolute Gasteiger partial charge is 0.376 e. The van der Waals surface area contributed by atoms with Crippen LogP contribution in [0.25, 0.3) is 0 Å². The molecule has 0 bridgehead atoms. The number of carbonyl (C=O) groups excluding carboxylic acids is 2. The van der Waals surface area contributed by atoms with E-state index in [1.165, 1.54) is 11.8 Å². The summed E-state index contributed by atoms with van der Waals surface area (Å²) in [5.74, 6) is 0.462. The number of aromatic nitrogens is 2. The second-order valence-corrected chi connectivity index (χ2v) is 9.55. The summed E-state index contributed by atoms with van der Waals surface area (Å²) in [6.07, 6.45) is 3.81. The van der Waals surface area contributed by atoms with E-state index < -0.39 is 0 Å². The fourth-order valence-corrected chi connectivity index (χ4v) is 5.32. The van der Waals surface area contributed by atoms with E-state index in [0.717, 1.165) is 48.2 Å². The van der Waals surface area contributed by atoms with E-state index in [0.29, 0.717) is 31.7 Å². The van der Waals surface area contributed by atoms with Gasteiger partial charge in [-0.1, -0.05) is 30.0 Å². The predicted molar refractivity (Wildman–Crippen MR) is 126 cm³/mol. The zero-order chi connectivity index (χ0) is 22.5. The van der Waals surface area contributed by atoms with Gasteiger partial charge in [-0.15, -0.1) is 0 Å². The maximum Gasteiger partial charge on any atom is 0.233 e. The summed E-state index contributed by atoms with van der Waals surface area (Å²) < 4.78 is 8.00. The molecule has 3 heterocycles. The number of nitrogens with one attached hydrogen (secondary N) is 1. The SMILES string of the molecule is Cc1nc(SCC(=O)N2CCC(C(=O)Nc3ccccc3)CC2)n(CC2CCCO2)c1C. The number of amides is 2. The minimum Gasteiger partial charge on any atom is -0.376 e. The Hall–Kier alpha value is -2.32. The fraction of sp³-hybridized carbons (Fsp3) is 0.542. The number of carbonyl (C=O) groups is 2. The first-order valence-electron chi connectivity index (χ1n) is 11.4. The highest BCUT2D eigenvalue weighted by Crippen LogP contribution is 2.26. The third-order valence-corrected chi connectivity index (χ3v) is 7.38. The van der Waals surface area contributed by atoms with Crippen LogP contribution in [0.5, 0.6) is 0 Å². The number of rotatable bonds is 7. The van der Waals surface area contributed by atoms with Gasteiger partial charge in [0.1, 0.15) is 0 Å². The molecule has 1 unspecified atom stereocenters. The summed E-state index contributed by atoms with van der Waals surface area (Å²) in [6.45, 7) is 6.96. The van der Waals surface area contributed by atoms with Crippen molar-refractivity contribution in [2.24, 2.45) is 5.92 Å². The summed E-state index contributed by atoms with van der Waals surface area (Å²) in [5, 5.41) is 3.87. The van der Waals surface area contributed by atoms with Crippen molar-refractivity contribution in [2.45, 2.75) is 57.3 Å². The summed E-state index contributed by atoms with van der Waals surface area (Å²) in [4.78, 5) is 31.9. The second kappa shape index (κ2) is 10.5. The first kappa shape index (κ1) is 22.9. The average molecular weight is 457 g/mol. The topological polar surface area (TPSA) is 76.5 Å². The molecule has 2 aliphatic heterocycles. The number of piperidine rings is 1. The van der Waals surface area contributed by atoms with Crippen LogP contribution < -0.4 is 5.32 Å². The van der Waals surface area contributed by atoms with Gasteiger partial charge in [0.15, 0.2) is 5.16 Å². The van der Waals surface area contributed by atoms with E-state index in [2.05, 4.69) is 16.8 Å². The Kier molecular flexibility index (Phi) is 7.52. The van der Waals surface area contributed by atoms with Crippen LogP contribution in [0.4, 0.5) is 5.69 Å². The van der Waals surface area contributed by atoms with Crippen LogP contribution in [-0.4, -0.2) is 57.8 Å². The van der Waals surface area contributed by atoms with Gasteiger partial charge in [0, 0.05) is 37.0 Å². The van der Waals surface area contributed by atoms with Crippen molar-refractivity contribution in [2.75, 3.05) is 30.8 Å². The van der Waals surface area contributed by atoms with Crippen LogP contribution in [0.2, 0.25) is 0 Å². The number of anilines is 1. The monoisotopic (exact) mass is 456 g/mol. The summed E-state index contributed by atoms with van der Waals surface area (Å²) in [7, 11) is 0. The number of ether oxygens (including phenoxy) is 1. The number of likely N-dealkylation sites (tertiary alicyclic amines) is 1. The van der Waals surface area contributed by atoms with Crippen LogP contribution in [0.3, 0.4) is 0 Å². The molecular weight excluding hydrogens is 424 g/mol. The summed E-state index contributed by atoms with van der Waals surface area (Å²) in [5.41, 5.74) is 2.96. The molecule has 4 rings (SSSR count). The number of aryl methyl sites for hydroxylation is 1. The van der Waals surface area contributed by atoms with Crippen molar-refractivity contribution >= 4 is 29.3 Å². The Morgan fingerprint density at radius 1 is 1.16 bits per heavy atom. The Morgan fingerprint density at radius 2 is 1.91 bits per heavy atom. The lowest BCUT2D eigenvalue weighted by Gasteiger charge is -2.31. The van der Waals surface area contributed by atoms with Gasteiger partial charge in [0.2, 0.25) is 11.8 Å². The number of benzene rings is 1. The summed E-state index contributed by atoms with van der Waals surface area (Å²) >= 11 is 1.50. The van der Waals surface area contributed by atoms with Gasteiger partial charge >= 0.3 is 0 Å². The summed E-state index contributed by atoms with van der Waals surface area (Å²) in [6, 6.07) is 9.52. The fourth-order valence-electron chi connectivity index (χ4n) is 4.32. The van der Waals surface area contributed by atoms with E-state index in [1.54, 1.807) is 0 Å². The number of hydrogen-bond acceptors (Lipinski definition) is 5. The molecule has 2 aliphatic rings.